The molecule has 3 heterocycles. The summed E-state index contributed by atoms with van der Waals surface area (Å²) in [6.07, 6.45) is -0.960. The number of fused-ring (bicyclic) bond motifs is 1. The van der Waals surface area contributed by atoms with Gasteiger partial charge < -0.3 is 15.0 Å². The van der Waals surface area contributed by atoms with Gasteiger partial charge in [0.1, 0.15) is 17.4 Å². The van der Waals surface area contributed by atoms with Crippen LogP contribution in [0.2, 0.25) is 0 Å². The van der Waals surface area contributed by atoms with Crippen LogP contribution in [0.3, 0.4) is 0 Å². The van der Waals surface area contributed by atoms with E-state index in [1.165, 1.54) is 10.9 Å². The Bertz CT molecular complexity index is 816. The highest BCUT2D eigenvalue weighted by Gasteiger charge is 2.37. The number of alkyl halides is 2. The minimum absolute atomic E-state index is 0.204. The van der Waals surface area contributed by atoms with Gasteiger partial charge in [-0.05, 0) is 18.9 Å². The fraction of sp³-hybridized carbons (Fsp3) is 0.474. The number of halogens is 2. The van der Waals surface area contributed by atoms with Crippen molar-refractivity contribution in [3.63, 3.8) is 0 Å². The number of aryl methyl sites for hydroxylation is 1. The van der Waals surface area contributed by atoms with E-state index in [1.54, 1.807) is 4.90 Å². The summed E-state index contributed by atoms with van der Waals surface area (Å²) in [7, 11) is 0. The third-order valence-electron chi connectivity index (χ3n) is 5.20. The molecular formula is C19H22F2N4O2. The number of nitrogens with zero attached hydrogens (tertiary/aromatic N) is 3. The molecule has 1 aromatic carbocycles. The molecular weight excluding hydrogens is 354 g/mol. The highest BCUT2D eigenvalue weighted by Crippen LogP contribution is 2.39. The van der Waals surface area contributed by atoms with Gasteiger partial charge in [0, 0.05) is 13.1 Å². The zero-order valence-corrected chi connectivity index (χ0v) is 15.1. The molecule has 6 nitrogen and oxygen atoms in total. The summed E-state index contributed by atoms with van der Waals surface area (Å²) in [5.74, 6) is 0.165. The lowest BCUT2D eigenvalue weighted by atomic mass is 9.96. The molecule has 0 radical (unpaired) electrons. The first-order chi connectivity index (χ1) is 13.0. The van der Waals surface area contributed by atoms with E-state index >= 15 is 0 Å². The molecule has 1 N–H and O–H groups in total. The molecule has 0 spiro atoms. The Hall–Kier alpha value is -2.48. The van der Waals surface area contributed by atoms with E-state index < -0.39 is 12.5 Å². The van der Waals surface area contributed by atoms with E-state index in [0.29, 0.717) is 37.7 Å². The van der Waals surface area contributed by atoms with Gasteiger partial charge in [-0.3, -0.25) is 4.79 Å². The van der Waals surface area contributed by atoms with Crippen molar-refractivity contribution in [1.82, 2.24) is 14.7 Å². The lowest BCUT2D eigenvalue weighted by Gasteiger charge is -2.33. The number of morpholine rings is 1. The third-order valence-corrected chi connectivity index (χ3v) is 5.20. The second-order valence-electron chi connectivity index (χ2n) is 7.00. The van der Waals surface area contributed by atoms with Crippen LogP contribution in [0.1, 0.15) is 40.0 Å². The van der Waals surface area contributed by atoms with Gasteiger partial charge in [0.15, 0.2) is 0 Å². The van der Waals surface area contributed by atoms with Crippen molar-refractivity contribution < 1.29 is 18.3 Å². The molecule has 1 aromatic heterocycles. The monoisotopic (exact) mass is 376 g/mol. The first-order valence-corrected chi connectivity index (χ1v) is 9.10. The molecule has 2 aromatic rings. The lowest BCUT2D eigenvalue weighted by molar-refractivity contribution is 0.0302. The van der Waals surface area contributed by atoms with E-state index in [1.807, 2.05) is 31.2 Å². The summed E-state index contributed by atoms with van der Waals surface area (Å²) in [5.41, 5.74) is 2.36. The van der Waals surface area contributed by atoms with Crippen molar-refractivity contribution in [3.05, 3.63) is 47.2 Å². The SMILES string of the molecule is Cc1ccc([C@H]2C[C@@H](C(F)F)n3ncc(C(=O)N4CCOCC4)c3N2)cc1. The van der Waals surface area contributed by atoms with Crippen molar-refractivity contribution in [2.75, 3.05) is 31.6 Å². The number of benzene rings is 1. The maximum Gasteiger partial charge on any atom is 0.260 e. The maximum atomic E-state index is 13.7. The Morgan fingerprint density at radius 2 is 1.96 bits per heavy atom. The minimum atomic E-state index is -2.56. The molecule has 0 aliphatic carbocycles. The minimum Gasteiger partial charge on any atom is -0.378 e. The molecule has 0 saturated carbocycles. The fourth-order valence-corrected chi connectivity index (χ4v) is 3.64. The van der Waals surface area contributed by atoms with Gasteiger partial charge in [-0.15, -0.1) is 0 Å². The normalized spacial score (nSPS) is 22.4. The zero-order chi connectivity index (χ0) is 19.0. The molecule has 1 saturated heterocycles. The van der Waals surface area contributed by atoms with Crippen molar-refractivity contribution >= 4 is 11.7 Å². The average molecular weight is 376 g/mol. The number of hydrogen-bond donors (Lipinski definition) is 1. The van der Waals surface area contributed by atoms with Gasteiger partial charge in [-0.1, -0.05) is 29.8 Å². The maximum absolute atomic E-state index is 13.7. The lowest BCUT2D eigenvalue weighted by Crippen LogP contribution is -2.41. The van der Waals surface area contributed by atoms with Crippen molar-refractivity contribution in [2.24, 2.45) is 0 Å². The van der Waals surface area contributed by atoms with Gasteiger partial charge in [0.2, 0.25) is 0 Å². The number of ether oxygens (including phenoxy) is 1. The van der Waals surface area contributed by atoms with E-state index in [-0.39, 0.29) is 18.4 Å². The summed E-state index contributed by atoms with van der Waals surface area (Å²) in [6, 6.07) is 6.42. The highest BCUT2D eigenvalue weighted by molar-refractivity contribution is 5.99. The summed E-state index contributed by atoms with van der Waals surface area (Å²) in [6.45, 7) is 3.92. The number of amides is 1. The predicted octanol–water partition coefficient (Wildman–Crippen LogP) is 3.03. The number of nitrogens with one attached hydrogen (secondary N) is 1. The standard InChI is InChI=1S/C19H22F2N4O2/c1-12-2-4-13(5-3-12)15-10-16(17(20)21)25-18(23-15)14(11-22-25)19(26)24-6-8-27-9-7-24/h2-5,11,15-17,23H,6-10H2,1H3/t15-,16+/m1/s1. The molecule has 1 fully saturated rings. The molecule has 2 atom stereocenters. The van der Waals surface area contributed by atoms with E-state index in [9.17, 15) is 13.6 Å². The molecule has 144 valence electrons. The summed E-state index contributed by atoms with van der Waals surface area (Å²) >= 11 is 0. The van der Waals surface area contributed by atoms with Crippen LogP contribution in [0, 0.1) is 6.92 Å². The van der Waals surface area contributed by atoms with Crippen LogP contribution in [-0.2, 0) is 4.74 Å². The second-order valence-corrected chi connectivity index (χ2v) is 7.00. The third kappa shape index (κ3) is 3.41. The quantitative estimate of drug-likeness (QED) is 0.895. The predicted molar refractivity (Wildman–Crippen MR) is 96.2 cm³/mol. The Kier molecular flexibility index (Phi) is 4.82. The van der Waals surface area contributed by atoms with Crippen LogP contribution in [-0.4, -0.2) is 53.3 Å². The van der Waals surface area contributed by atoms with Gasteiger partial charge >= 0.3 is 0 Å². The molecule has 0 unspecified atom stereocenters. The topological polar surface area (TPSA) is 59.4 Å². The second kappa shape index (κ2) is 7.26. The number of aromatic nitrogens is 2. The van der Waals surface area contributed by atoms with Crippen LogP contribution >= 0.6 is 0 Å². The number of rotatable bonds is 3. The van der Waals surface area contributed by atoms with Gasteiger partial charge in [-0.25, -0.2) is 13.5 Å². The van der Waals surface area contributed by atoms with E-state index in [2.05, 4.69) is 10.4 Å². The van der Waals surface area contributed by atoms with Crippen LogP contribution < -0.4 is 5.32 Å². The van der Waals surface area contributed by atoms with Crippen LogP contribution in [0.5, 0.6) is 0 Å². The van der Waals surface area contributed by atoms with Crippen molar-refractivity contribution in [2.45, 2.75) is 31.9 Å². The Morgan fingerprint density at radius 1 is 1.26 bits per heavy atom. The summed E-state index contributed by atoms with van der Waals surface area (Å²) < 4.78 is 34.0. The zero-order valence-electron chi connectivity index (χ0n) is 15.1. The van der Waals surface area contributed by atoms with E-state index in [0.717, 1.165) is 11.1 Å². The average Bonchev–Trinajstić information content (AvgIpc) is 3.11. The number of hydrogen-bond acceptors (Lipinski definition) is 4. The Morgan fingerprint density at radius 3 is 2.63 bits per heavy atom. The highest BCUT2D eigenvalue weighted by atomic mass is 19.3. The molecule has 2 aliphatic rings. The van der Waals surface area contributed by atoms with Gasteiger partial charge in [0.05, 0.1) is 25.5 Å². The van der Waals surface area contributed by atoms with Crippen LogP contribution in [0.15, 0.2) is 30.5 Å². The van der Waals surface area contributed by atoms with Crippen LogP contribution in [0.25, 0.3) is 0 Å². The molecule has 2 aliphatic heterocycles. The molecule has 27 heavy (non-hydrogen) atoms. The first-order valence-electron chi connectivity index (χ1n) is 9.10. The Labute approximate surface area is 156 Å². The summed E-state index contributed by atoms with van der Waals surface area (Å²) in [5, 5.41) is 7.39. The molecule has 1 amide bonds. The van der Waals surface area contributed by atoms with Crippen molar-refractivity contribution in [1.29, 1.82) is 0 Å². The van der Waals surface area contributed by atoms with Gasteiger partial charge in [-0.2, -0.15) is 5.10 Å². The number of carbonyl (C=O) groups excluding carboxylic acids is 1. The molecule has 8 heteroatoms. The fourth-order valence-electron chi connectivity index (χ4n) is 3.64. The van der Waals surface area contributed by atoms with Crippen molar-refractivity contribution in [3.8, 4) is 0 Å². The molecule has 0 bridgehead atoms. The number of anilines is 1. The summed E-state index contributed by atoms with van der Waals surface area (Å²) in [4.78, 5) is 14.6. The van der Waals surface area contributed by atoms with Gasteiger partial charge in [0.25, 0.3) is 12.3 Å². The first kappa shape index (κ1) is 17.9. The number of carbonyl (C=O) groups is 1. The van der Waals surface area contributed by atoms with E-state index in [4.69, 9.17) is 4.74 Å². The Balaban J connectivity index is 1.67. The van der Waals surface area contributed by atoms with Crippen LogP contribution in [0.4, 0.5) is 14.6 Å². The smallest absolute Gasteiger partial charge is 0.260 e. The largest absolute Gasteiger partial charge is 0.378 e. The molecule has 4 rings (SSSR count).